The summed E-state index contributed by atoms with van der Waals surface area (Å²) < 4.78 is 4.65. The minimum Gasteiger partial charge on any atom is -0.377 e. The van der Waals surface area contributed by atoms with E-state index in [0.717, 1.165) is 18.8 Å². The van der Waals surface area contributed by atoms with Crippen molar-refractivity contribution >= 4 is 66.0 Å². The van der Waals surface area contributed by atoms with Crippen LogP contribution in [-0.2, 0) is 4.74 Å². The van der Waals surface area contributed by atoms with Gasteiger partial charge in [0, 0.05) is 6.61 Å². The van der Waals surface area contributed by atoms with Crippen molar-refractivity contribution in [1.82, 2.24) is 0 Å². The molecule has 1 nitrogen and oxygen atoms in total. The van der Waals surface area contributed by atoms with E-state index >= 15 is 0 Å². The number of halogens is 3. The molecule has 0 saturated heterocycles. The lowest BCUT2D eigenvalue weighted by Crippen LogP contribution is -2.03. The Morgan fingerprint density at radius 1 is 0.680 bits per heavy atom. The maximum atomic E-state index is 5.52. The van der Waals surface area contributed by atoms with Gasteiger partial charge in [0.15, 0.2) is 0 Å². The summed E-state index contributed by atoms with van der Waals surface area (Å²) in [6.45, 7) is 7.51. The number of hydrogen-bond donors (Lipinski definition) is 0. The van der Waals surface area contributed by atoms with Crippen LogP contribution in [0.5, 0.6) is 0 Å². The Labute approximate surface area is 196 Å². The van der Waals surface area contributed by atoms with Gasteiger partial charge in [-0.3, -0.25) is 0 Å². The van der Waals surface area contributed by atoms with Crippen molar-refractivity contribution in [1.29, 1.82) is 0 Å². The molecule has 0 atom stereocenters. The third-order valence-electron chi connectivity index (χ3n) is 4.35. The average molecular weight is 704 g/mol. The van der Waals surface area contributed by atoms with Crippen LogP contribution in [0.15, 0.2) is 12.2 Å². The lowest BCUT2D eigenvalue weighted by atomic mass is 10.0. The summed E-state index contributed by atoms with van der Waals surface area (Å²) in [5.41, 5.74) is 1.13. The van der Waals surface area contributed by atoms with Crippen LogP contribution in [0.2, 0.25) is 6.04 Å². The predicted octanol–water partition coefficient (Wildman–Crippen LogP) is 9.28. The van der Waals surface area contributed by atoms with Gasteiger partial charge in [-0.25, -0.2) is 0 Å². The quantitative estimate of drug-likeness (QED) is 0.0429. The van der Waals surface area contributed by atoms with Gasteiger partial charge in [-0.1, -0.05) is 161 Å². The van der Waals surface area contributed by atoms with E-state index in [-0.39, 0.29) is 0 Å². The summed E-state index contributed by atoms with van der Waals surface area (Å²) in [5, 5.41) is 0. The van der Waals surface area contributed by atoms with E-state index in [1.165, 1.54) is 95.9 Å². The maximum Gasteiger partial charge on any atom is 0.253 e. The Kier molecular flexibility index (Phi) is 21.1. The minimum atomic E-state index is -0.870. The van der Waals surface area contributed by atoms with Gasteiger partial charge in [-0.15, -0.1) is 0 Å². The Bertz CT molecular complexity index is 306. The maximum absolute atomic E-state index is 5.52. The molecule has 25 heavy (non-hydrogen) atoms. The second-order valence-electron chi connectivity index (χ2n) is 7.32. The molecule has 0 N–H and O–H groups in total. The molecule has 0 aliphatic heterocycles. The molecule has 150 valence electrons. The van der Waals surface area contributed by atoms with Crippen LogP contribution in [0.25, 0.3) is 0 Å². The first-order chi connectivity index (χ1) is 11.9. The van der Waals surface area contributed by atoms with Gasteiger partial charge in [-0.05, 0) is 19.4 Å². The van der Waals surface area contributed by atoms with Crippen molar-refractivity contribution in [2.75, 3.05) is 13.2 Å². The molecular formula is C20H39I3OSi. The number of unbranched alkanes of at least 4 members (excludes halogenated alkanes) is 13. The fraction of sp³-hybridized carbons (Fsp3) is 0.900. The van der Waals surface area contributed by atoms with Crippen LogP contribution in [-0.4, -0.2) is 13.8 Å². The molecule has 0 spiro atoms. The Morgan fingerprint density at radius 3 is 1.40 bits per heavy atom. The fourth-order valence-corrected chi connectivity index (χ4v) is 6.98. The Balaban J connectivity index is 3.04. The molecule has 0 aliphatic rings. The zero-order chi connectivity index (χ0) is 18.8. The van der Waals surface area contributed by atoms with Crippen molar-refractivity contribution < 1.29 is 4.74 Å². The van der Waals surface area contributed by atoms with Crippen molar-refractivity contribution in [2.24, 2.45) is 0 Å². The van der Waals surface area contributed by atoms with Gasteiger partial charge in [0.25, 0.3) is 0.564 Å². The molecule has 5 heteroatoms. The average Bonchev–Trinajstić information content (AvgIpc) is 2.52. The molecule has 0 fully saturated rings. The molecule has 0 aromatic rings. The zero-order valence-corrected chi connectivity index (χ0v) is 23.7. The summed E-state index contributed by atoms with van der Waals surface area (Å²) in [5.74, 6) is 0. The van der Waals surface area contributed by atoms with Crippen LogP contribution in [0.4, 0.5) is 0 Å². The molecule has 0 aromatic heterocycles. The molecule has 0 heterocycles. The highest BCUT2D eigenvalue weighted by molar-refractivity contribution is 14.4. The smallest absolute Gasteiger partial charge is 0.253 e. The lowest BCUT2D eigenvalue weighted by Gasteiger charge is -2.08. The minimum absolute atomic E-state index is 0.734. The van der Waals surface area contributed by atoms with Crippen molar-refractivity contribution in [3.05, 3.63) is 12.2 Å². The molecule has 0 rings (SSSR count). The highest BCUT2D eigenvalue weighted by atomic mass is 127. The van der Waals surface area contributed by atoms with Gasteiger partial charge in [-0.2, -0.15) is 0 Å². The molecule has 0 unspecified atom stereocenters. The summed E-state index contributed by atoms with van der Waals surface area (Å²) in [4.78, 5) is 0. The van der Waals surface area contributed by atoms with Crippen molar-refractivity contribution in [3.63, 3.8) is 0 Å². The number of ether oxygens (including phenoxy) is 1. The zero-order valence-electron chi connectivity index (χ0n) is 16.3. The Hall–Kier alpha value is 2.11. The molecule has 0 aromatic carbocycles. The van der Waals surface area contributed by atoms with Gasteiger partial charge in [0.05, 0.1) is 6.61 Å². The van der Waals surface area contributed by atoms with Crippen molar-refractivity contribution in [3.8, 4) is 0 Å². The normalized spacial score (nSPS) is 11.8. The van der Waals surface area contributed by atoms with E-state index in [4.69, 9.17) is 4.74 Å². The summed E-state index contributed by atoms with van der Waals surface area (Å²) in [6, 6.07) is 1.48. The van der Waals surface area contributed by atoms with Gasteiger partial charge >= 0.3 is 0 Å². The molecular weight excluding hydrogens is 665 g/mol. The summed E-state index contributed by atoms with van der Waals surface area (Å²) in [6.07, 6.45) is 19.9. The van der Waals surface area contributed by atoms with E-state index < -0.39 is 0.564 Å². The molecule has 0 radical (unpaired) electrons. The first-order valence-corrected chi connectivity index (χ1v) is 21.8. The highest BCUT2D eigenvalue weighted by Gasteiger charge is 2.19. The van der Waals surface area contributed by atoms with Crippen LogP contribution in [0.1, 0.15) is 96.8 Å². The van der Waals surface area contributed by atoms with Crippen LogP contribution < -0.4 is 0 Å². The summed E-state index contributed by atoms with van der Waals surface area (Å²) in [7, 11) is 0. The van der Waals surface area contributed by atoms with Gasteiger partial charge < -0.3 is 4.74 Å². The van der Waals surface area contributed by atoms with E-state index in [9.17, 15) is 0 Å². The summed E-state index contributed by atoms with van der Waals surface area (Å²) >= 11 is 8.05. The third kappa shape index (κ3) is 26.1. The standard InChI is InChI=1S/C20H39I3OSi/c1-20(2)19-24-17-15-13-11-9-7-5-3-4-6-8-10-12-14-16-18-25(21,22)23/h1,3-19H2,2H3. The molecule has 0 amide bonds. The fourth-order valence-electron chi connectivity index (χ4n) is 2.90. The van der Waals surface area contributed by atoms with E-state index in [2.05, 4.69) is 72.0 Å². The van der Waals surface area contributed by atoms with Crippen LogP contribution in [0, 0.1) is 0 Å². The van der Waals surface area contributed by atoms with E-state index in [0.29, 0.717) is 0 Å². The highest BCUT2D eigenvalue weighted by Crippen LogP contribution is 2.35. The van der Waals surface area contributed by atoms with Gasteiger partial charge in [0.2, 0.25) is 0 Å². The second-order valence-corrected chi connectivity index (χ2v) is 44.2. The first kappa shape index (κ1) is 27.1. The number of hydrogen-bond acceptors (Lipinski definition) is 1. The topological polar surface area (TPSA) is 9.23 Å². The van der Waals surface area contributed by atoms with E-state index in [1.54, 1.807) is 0 Å². The van der Waals surface area contributed by atoms with Gasteiger partial charge in [0.1, 0.15) is 0 Å². The largest absolute Gasteiger partial charge is 0.377 e. The lowest BCUT2D eigenvalue weighted by molar-refractivity contribution is 0.151. The monoisotopic (exact) mass is 704 g/mol. The first-order valence-electron chi connectivity index (χ1n) is 10.2. The van der Waals surface area contributed by atoms with Crippen LogP contribution >= 0.6 is 65.4 Å². The molecule has 0 saturated carbocycles. The third-order valence-corrected chi connectivity index (χ3v) is 10.1. The van der Waals surface area contributed by atoms with Crippen LogP contribution in [0.3, 0.4) is 0 Å². The Morgan fingerprint density at radius 2 is 1.04 bits per heavy atom. The van der Waals surface area contributed by atoms with E-state index in [1.807, 2.05) is 6.92 Å². The van der Waals surface area contributed by atoms with Crippen molar-refractivity contribution in [2.45, 2.75) is 103 Å². The number of rotatable bonds is 19. The second kappa shape index (κ2) is 19.4. The SMILES string of the molecule is C=C(C)COCCCCCCCCCCCCCCCC[Si](I)(I)I. The predicted molar refractivity (Wildman–Crippen MR) is 143 cm³/mol. The molecule has 0 aliphatic carbocycles. The molecule has 0 bridgehead atoms.